The van der Waals surface area contributed by atoms with E-state index in [1.807, 2.05) is 41.8 Å². The predicted octanol–water partition coefficient (Wildman–Crippen LogP) is 4.08. The average molecular weight is 346 g/mol. The molecule has 0 aliphatic carbocycles. The number of halogens is 1. The van der Waals surface area contributed by atoms with Crippen LogP contribution >= 0.6 is 15.9 Å². The summed E-state index contributed by atoms with van der Waals surface area (Å²) in [5, 5.41) is 0. The Labute approximate surface area is 131 Å². The number of nitrogen functional groups attached to an aromatic ring is 1. The van der Waals surface area contributed by atoms with Crippen molar-refractivity contribution < 1.29 is 4.74 Å². The van der Waals surface area contributed by atoms with Gasteiger partial charge in [0.05, 0.1) is 12.1 Å². The second kappa shape index (κ2) is 5.41. The average Bonchev–Trinajstić information content (AvgIpc) is 2.80. The van der Waals surface area contributed by atoms with Crippen molar-refractivity contribution in [1.29, 1.82) is 0 Å². The van der Waals surface area contributed by atoms with E-state index in [1.165, 1.54) is 0 Å². The summed E-state index contributed by atoms with van der Waals surface area (Å²) in [6.07, 6.45) is 0. The van der Waals surface area contributed by atoms with Crippen molar-refractivity contribution >= 4 is 32.9 Å². The third-order valence-electron chi connectivity index (χ3n) is 3.37. The summed E-state index contributed by atoms with van der Waals surface area (Å²) < 4.78 is 8.64. The van der Waals surface area contributed by atoms with Gasteiger partial charge in [-0.1, -0.05) is 22.0 Å². The lowest BCUT2D eigenvalue weighted by molar-refractivity contribution is 0.344. The fourth-order valence-electron chi connectivity index (χ4n) is 2.40. The molecule has 4 nitrogen and oxygen atoms in total. The molecule has 0 aliphatic rings. The van der Waals surface area contributed by atoms with Gasteiger partial charge in [0.25, 0.3) is 0 Å². The van der Waals surface area contributed by atoms with Gasteiger partial charge in [0, 0.05) is 10.2 Å². The van der Waals surface area contributed by atoms with E-state index in [0.29, 0.717) is 12.6 Å². The Hall–Kier alpha value is -2.01. The summed E-state index contributed by atoms with van der Waals surface area (Å²) in [5.74, 6) is 1.22. The minimum Gasteiger partial charge on any atom is -0.492 e. The molecular formula is C16H16BrN3O. The van der Waals surface area contributed by atoms with Gasteiger partial charge in [0.15, 0.2) is 0 Å². The van der Waals surface area contributed by atoms with E-state index < -0.39 is 0 Å². The van der Waals surface area contributed by atoms with Crippen molar-refractivity contribution in [3.05, 3.63) is 46.4 Å². The van der Waals surface area contributed by atoms with Crippen LogP contribution in [0.3, 0.4) is 0 Å². The highest BCUT2D eigenvalue weighted by atomic mass is 79.9. The maximum atomic E-state index is 6.12. The van der Waals surface area contributed by atoms with E-state index in [1.54, 1.807) is 0 Å². The molecule has 0 atom stereocenters. The Morgan fingerprint density at radius 3 is 2.81 bits per heavy atom. The van der Waals surface area contributed by atoms with Crippen LogP contribution in [-0.2, 0) is 0 Å². The van der Waals surface area contributed by atoms with Crippen LogP contribution in [0.2, 0.25) is 0 Å². The van der Waals surface area contributed by atoms with Crippen molar-refractivity contribution in [2.24, 2.45) is 0 Å². The molecule has 0 saturated heterocycles. The van der Waals surface area contributed by atoms with E-state index in [4.69, 9.17) is 10.5 Å². The smallest absolute Gasteiger partial charge is 0.206 e. The number of ether oxygens (including phenoxy) is 1. The first-order valence-corrected chi connectivity index (χ1v) is 7.57. The number of imidazole rings is 1. The molecule has 2 N–H and O–H groups in total. The lowest BCUT2D eigenvalue weighted by Gasteiger charge is -2.09. The molecule has 1 heterocycles. The zero-order valence-corrected chi connectivity index (χ0v) is 13.5. The third kappa shape index (κ3) is 2.38. The van der Waals surface area contributed by atoms with Crippen LogP contribution in [0.25, 0.3) is 16.7 Å². The highest BCUT2D eigenvalue weighted by Crippen LogP contribution is 2.30. The Morgan fingerprint density at radius 2 is 2.10 bits per heavy atom. The molecule has 5 heteroatoms. The highest BCUT2D eigenvalue weighted by Gasteiger charge is 2.14. The molecule has 0 saturated carbocycles. The van der Waals surface area contributed by atoms with Crippen LogP contribution in [0.4, 0.5) is 5.95 Å². The first-order chi connectivity index (χ1) is 10.1. The number of nitrogens with two attached hydrogens (primary N) is 1. The van der Waals surface area contributed by atoms with Crippen molar-refractivity contribution in [3.8, 4) is 11.4 Å². The zero-order valence-electron chi connectivity index (χ0n) is 11.9. The number of benzene rings is 2. The van der Waals surface area contributed by atoms with Crippen LogP contribution in [0.1, 0.15) is 12.5 Å². The van der Waals surface area contributed by atoms with Gasteiger partial charge in [0.2, 0.25) is 5.95 Å². The molecule has 3 rings (SSSR count). The fourth-order valence-corrected chi connectivity index (χ4v) is 2.65. The number of nitrogens with zero attached hydrogens (tertiary/aromatic N) is 2. The molecule has 0 bridgehead atoms. The third-order valence-corrected chi connectivity index (χ3v) is 4.26. The Kier molecular flexibility index (Phi) is 3.59. The van der Waals surface area contributed by atoms with Crippen molar-refractivity contribution in [3.63, 3.8) is 0 Å². The molecule has 0 fully saturated rings. The Morgan fingerprint density at radius 1 is 1.29 bits per heavy atom. The van der Waals surface area contributed by atoms with E-state index in [0.717, 1.165) is 32.5 Å². The number of anilines is 1. The van der Waals surface area contributed by atoms with Crippen molar-refractivity contribution in [1.82, 2.24) is 9.55 Å². The molecule has 0 radical (unpaired) electrons. The molecular weight excluding hydrogens is 330 g/mol. The summed E-state index contributed by atoms with van der Waals surface area (Å²) in [6.45, 7) is 4.61. The van der Waals surface area contributed by atoms with Crippen LogP contribution in [0.5, 0.6) is 5.75 Å². The summed E-state index contributed by atoms with van der Waals surface area (Å²) in [6, 6.07) is 12.0. The van der Waals surface area contributed by atoms with Crippen LogP contribution in [0.15, 0.2) is 40.9 Å². The zero-order chi connectivity index (χ0) is 15.0. The maximum absolute atomic E-state index is 6.12. The van der Waals surface area contributed by atoms with Gasteiger partial charge in [-0.2, -0.15) is 0 Å². The topological polar surface area (TPSA) is 53.1 Å². The molecule has 21 heavy (non-hydrogen) atoms. The fraction of sp³-hybridized carbons (Fsp3) is 0.188. The molecule has 0 aliphatic heterocycles. The minimum atomic E-state index is 0.457. The van der Waals surface area contributed by atoms with E-state index in [9.17, 15) is 0 Å². The normalized spacial score (nSPS) is 11.0. The second-order valence-electron chi connectivity index (χ2n) is 4.80. The molecule has 108 valence electrons. The standard InChI is InChI=1S/C16H16BrN3O/c1-3-21-14-6-4-5-13-15(14)19-16(18)20(13)11-7-8-12(17)10(2)9-11/h4-9H,3H2,1-2H3,(H2,18,19). The number of hydrogen-bond acceptors (Lipinski definition) is 3. The van der Waals surface area contributed by atoms with Crippen LogP contribution in [-0.4, -0.2) is 16.2 Å². The predicted molar refractivity (Wildman–Crippen MR) is 89.1 cm³/mol. The van der Waals surface area contributed by atoms with Gasteiger partial charge in [-0.25, -0.2) is 4.98 Å². The molecule has 0 amide bonds. The second-order valence-corrected chi connectivity index (χ2v) is 5.65. The molecule has 3 aromatic rings. The summed E-state index contributed by atoms with van der Waals surface area (Å²) in [4.78, 5) is 4.46. The summed E-state index contributed by atoms with van der Waals surface area (Å²) >= 11 is 3.52. The van der Waals surface area contributed by atoms with Gasteiger partial charge < -0.3 is 10.5 Å². The van der Waals surface area contributed by atoms with Gasteiger partial charge in [-0.3, -0.25) is 4.57 Å². The summed E-state index contributed by atoms with van der Waals surface area (Å²) in [5.41, 5.74) is 10.00. The van der Waals surface area contributed by atoms with E-state index in [2.05, 4.69) is 33.9 Å². The SMILES string of the molecule is CCOc1cccc2c1nc(N)n2-c1ccc(Br)c(C)c1. The molecule has 1 aromatic heterocycles. The lowest BCUT2D eigenvalue weighted by Crippen LogP contribution is -2.00. The molecule has 2 aromatic carbocycles. The molecule has 0 unspecified atom stereocenters. The first kappa shape index (κ1) is 13.9. The number of para-hydroxylation sites is 1. The van der Waals surface area contributed by atoms with Crippen LogP contribution in [0, 0.1) is 6.92 Å². The van der Waals surface area contributed by atoms with E-state index >= 15 is 0 Å². The van der Waals surface area contributed by atoms with Gasteiger partial charge in [0.1, 0.15) is 11.3 Å². The monoisotopic (exact) mass is 345 g/mol. The van der Waals surface area contributed by atoms with Gasteiger partial charge in [-0.15, -0.1) is 0 Å². The largest absolute Gasteiger partial charge is 0.492 e. The first-order valence-electron chi connectivity index (χ1n) is 6.78. The Bertz CT molecular complexity index is 811. The van der Waals surface area contributed by atoms with E-state index in [-0.39, 0.29) is 0 Å². The highest BCUT2D eigenvalue weighted by molar-refractivity contribution is 9.10. The van der Waals surface area contributed by atoms with Gasteiger partial charge >= 0.3 is 0 Å². The van der Waals surface area contributed by atoms with Crippen molar-refractivity contribution in [2.45, 2.75) is 13.8 Å². The minimum absolute atomic E-state index is 0.457. The number of aromatic nitrogens is 2. The molecule has 0 spiro atoms. The lowest BCUT2D eigenvalue weighted by atomic mass is 10.2. The number of aryl methyl sites for hydroxylation is 1. The van der Waals surface area contributed by atoms with Gasteiger partial charge in [-0.05, 0) is 49.7 Å². The number of fused-ring (bicyclic) bond motifs is 1. The quantitative estimate of drug-likeness (QED) is 0.778. The van der Waals surface area contributed by atoms with Crippen molar-refractivity contribution in [2.75, 3.05) is 12.3 Å². The number of rotatable bonds is 3. The van der Waals surface area contributed by atoms with Crippen LogP contribution < -0.4 is 10.5 Å². The summed E-state index contributed by atoms with van der Waals surface area (Å²) in [7, 11) is 0. The number of hydrogen-bond donors (Lipinski definition) is 1. The Balaban J connectivity index is 2.25. The maximum Gasteiger partial charge on any atom is 0.206 e.